The Balaban J connectivity index is 1.52. The summed E-state index contributed by atoms with van der Waals surface area (Å²) in [6.07, 6.45) is -0.230. The van der Waals surface area contributed by atoms with Crippen LogP contribution in [0.3, 0.4) is 0 Å². The van der Waals surface area contributed by atoms with Crippen molar-refractivity contribution in [2.24, 2.45) is 0 Å². The number of nitrogens with zero attached hydrogens (tertiary/aromatic N) is 1. The normalized spacial score (nSPS) is 11.3. The van der Waals surface area contributed by atoms with E-state index in [0.717, 1.165) is 5.56 Å². The molecule has 1 heterocycles. The van der Waals surface area contributed by atoms with Crippen LogP contribution in [-0.2, 0) is 26.0 Å². The Morgan fingerprint density at radius 1 is 1.07 bits per heavy atom. The predicted octanol–water partition coefficient (Wildman–Crippen LogP) is 3.86. The molecule has 0 bridgehead atoms. The third-order valence-corrected chi connectivity index (χ3v) is 6.37. The Morgan fingerprint density at radius 2 is 1.78 bits per heavy atom. The van der Waals surface area contributed by atoms with Crippen LogP contribution in [0.4, 0.5) is 4.39 Å². The van der Waals surface area contributed by atoms with E-state index in [9.17, 15) is 17.6 Å². The van der Waals surface area contributed by atoms with Gasteiger partial charge < -0.3 is 4.74 Å². The summed E-state index contributed by atoms with van der Waals surface area (Å²) in [6.45, 7) is -0.0398. The highest BCUT2D eigenvalue weighted by Gasteiger charge is 2.17. The first-order valence-electron chi connectivity index (χ1n) is 8.08. The van der Waals surface area contributed by atoms with Crippen molar-refractivity contribution >= 4 is 27.1 Å². The predicted molar refractivity (Wildman–Crippen MR) is 100 cm³/mol. The molecule has 0 N–H and O–H groups in total. The van der Waals surface area contributed by atoms with Crippen molar-refractivity contribution in [3.63, 3.8) is 0 Å². The minimum Gasteiger partial charge on any atom is -0.459 e. The second-order valence-corrected chi connectivity index (χ2v) is 8.66. The molecule has 0 saturated carbocycles. The number of esters is 1. The van der Waals surface area contributed by atoms with Crippen LogP contribution in [0.25, 0.3) is 10.6 Å². The van der Waals surface area contributed by atoms with Gasteiger partial charge in [0.05, 0.1) is 22.8 Å². The maximum absolute atomic E-state index is 13.0. The zero-order valence-electron chi connectivity index (χ0n) is 14.2. The maximum atomic E-state index is 13.0. The number of hydrogen-bond acceptors (Lipinski definition) is 6. The van der Waals surface area contributed by atoms with Crippen LogP contribution in [0, 0.1) is 5.82 Å². The highest BCUT2D eigenvalue weighted by Crippen LogP contribution is 2.24. The number of ether oxygens (including phenoxy) is 1. The Labute approximate surface area is 160 Å². The average Bonchev–Trinajstić information content (AvgIpc) is 3.15. The third-order valence-electron chi connectivity index (χ3n) is 3.70. The van der Waals surface area contributed by atoms with E-state index in [1.165, 1.54) is 35.6 Å². The number of sulfone groups is 1. The van der Waals surface area contributed by atoms with Gasteiger partial charge in [-0.25, -0.2) is 17.8 Å². The quantitative estimate of drug-likeness (QED) is 0.558. The molecule has 0 radical (unpaired) electrons. The van der Waals surface area contributed by atoms with Crippen LogP contribution < -0.4 is 0 Å². The molecule has 0 aliphatic heterocycles. The molecule has 27 heavy (non-hydrogen) atoms. The lowest BCUT2D eigenvalue weighted by atomic mass is 10.2. The highest BCUT2D eigenvalue weighted by atomic mass is 32.2. The van der Waals surface area contributed by atoms with E-state index in [2.05, 4.69) is 4.98 Å². The fraction of sp³-hybridized carbons (Fsp3) is 0.158. The van der Waals surface area contributed by atoms with E-state index in [4.69, 9.17) is 4.74 Å². The van der Waals surface area contributed by atoms with Gasteiger partial charge in [0, 0.05) is 10.9 Å². The van der Waals surface area contributed by atoms with E-state index >= 15 is 0 Å². The van der Waals surface area contributed by atoms with Gasteiger partial charge in [0.2, 0.25) is 0 Å². The molecule has 2 aromatic carbocycles. The van der Waals surface area contributed by atoms with Gasteiger partial charge in [-0.05, 0) is 36.4 Å². The molecular weight excluding hydrogens is 389 g/mol. The summed E-state index contributed by atoms with van der Waals surface area (Å²) >= 11 is 1.35. The lowest BCUT2D eigenvalue weighted by Crippen LogP contribution is -2.13. The Hall–Kier alpha value is -2.58. The van der Waals surface area contributed by atoms with Crippen molar-refractivity contribution in [1.29, 1.82) is 0 Å². The lowest BCUT2D eigenvalue weighted by Gasteiger charge is -2.05. The summed E-state index contributed by atoms with van der Waals surface area (Å²) in [5.41, 5.74) is 1.33. The molecule has 0 unspecified atom stereocenters. The van der Waals surface area contributed by atoms with Gasteiger partial charge in [-0.2, -0.15) is 0 Å². The minimum atomic E-state index is -3.52. The molecule has 1 aromatic heterocycles. The molecular formula is C19H16FNO4S2. The fourth-order valence-corrected chi connectivity index (χ4v) is 4.34. The number of thiazole rings is 1. The summed E-state index contributed by atoms with van der Waals surface area (Å²) in [5.74, 6) is -1.24. The van der Waals surface area contributed by atoms with Crippen LogP contribution in [0.15, 0.2) is 64.9 Å². The second kappa shape index (κ2) is 8.41. The number of aromatic nitrogens is 1. The average molecular weight is 405 g/mol. The summed E-state index contributed by atoms with van der Waals surface area (Å²) in [4.78, 5) is 16.4. The van der Waals surface area contributed by atoms with Crippen LogP contribution in [0.5, 0.6) is 0 Å². The third kappa shape index (κ3) is 5.21. The number of carbonyl (C=O) groups is 1. The van der Waals surface area contributed by atoms with Crippen molar-refractivity contribution in [3.05, 3.63) is 71.5 Å². The Bertz CT molecular complexity index is 1020. The van der Waals surface area contributed by atoms with E-state index in [-0.39, 0.29) is 29.5 Å². The molecule has 8 heteroatoms. The monoisotopic (exact) mass is 405 g/mol. The van der Waals surface area contributed by atoms with Gasteiger partial charge in [0.1, 0.15) is 17.4 Å². The molecule has 0 aliphatic carbocycles. The molecule has 140 valence electrons. The highest BCUT2D eigenvalue weighted by molar-refractivity contribution is 7.91. The molecule has 0 amide bonds. The first-order valence-corrected chi connectivity index (χ1v) is 10.6. The summed E-state index contributed by atoms with van der Waals surface area (Å²) in [7, 11) is -3.52. The molecule has 5 nitrogen and oxygen atoms in total. The maximum Gasteiger partial charge on any atom is 0.307 e. The SMILES string of the molecule is O=C(CCS(=O)(=O)c1ccccc1)OCc1csc(-c2ccc(F)cc2)n1. The van der Waals surface area contributed by atoms with E-state index in [1.54, 1.807) is 35.7 Å². The van der Waals surface area contributed by atoms with E-state index in [0.29, 0.717) is 10.7 Å². The summed E-state index contributed by atoms with van der Waals surface area (Å²) in [5, 5.41) is 2.43. The standard InChI is InChI=1S/C19H16FNO4S2/c20-15-8-6-14(7-9-15)19-21-16(13-26-19)12-25-18(22)10-11-27(23,24)17-4-2-1-3-5-17/h1-9,13H,10-12H2. The first-order chi connectivity index (χ1) is 12.9. The molecule has 0 saturated heterocycles. The van der Waals surface area contributed by atoms with Crippen LogP contribution in [0.1, 0.15) is 12.1 Å². The number of carbonyl (C=O) groups excluding carboxylic acids is 1. The summed E-state index contributed by atoms with van der Waals surface area (Å²) < 4.78 is 42.4. The number of rotatable bonds is 7. The zero-order chi connectivity index (χ0) is 19.3. The summed E-state index contributed by atoms with van der Waals surface area (Å²) in [6, 6.07) is 13.9. The number of halogens is 1. The van der Waals surface area contributed by atoms with Gasteiger partial charge in [-0.1, -0.05) is 18.2 Å². The molecule has 3 aromatic rings. The van der Waals surface area contributed by atoms with Crippen molar-refractivity contribution in [2.75, 3.05) is 5.75 Å². The first kappa shape index (κ1) is 19.2. The van der Waals surface area contributed by atoms with Gasteiger partial charge in [0.25, 0.3) is 0 Å². The van der Waals surface area contributed by atoms with E-state index < -0.39 is 15.8 Å². The van der Waals surface area contributed by atoms with E-state index in [1.807, 2.05) is 0 Å². The van der Waals surface area contributed by atoms with Gasteiger partial charge in [0.15, 0.2) is 9.84 Å². The van der Waals surface area contributed by atoms with Gasteiger partial charge >= 0.3 is 5.97 Å². The van der Waals surface area contributed by atoms with Gasteiger partial charge in [-0.3, -0.25) is 4.79 Å². The van der Waals surface area contributed by atoms with Gasteiger partial charge in [-0.15, -0.1) is 11.3 Å². The van der Waals surface area contributed by atoms with Crippen molar-refractivity contribution < 1.29 is 22.3 Å². The lowest BCUT2D eigenvalue weighted by molar-refractivity contribution is -0.144. The van der Waals surface area contributed by atoms with Crippen LogP contribution in [0.2, 0.25) is 0 Å². The smallest absolute Gasteiger partial charge is 0.307 e. The second-order valence-electron chi connectivity index (χ2n) is 5.69. The Kier molecular flexibility index (Phi) is 5.98. The number of hydrogen-bond donors (Lipinski definition) is 0. The van der Waals surface area contributed by atoms with Crippen LogP contribution >= 0.6 is 11.3 Å². The molecule has 0 atom stereocenters. The van der Waals surface area contributed by atoms with Crippen molar-refractivity contribution in [3.8, 4) is 10.6 Å². The molecule has 0 fully saturated rings. The van der Waals surface area contributed by atoms with Crippen molar-refractivity contribution in [2.45, 2.75) is 17.9 Å². The zero-order valence-corrected chi connectivity index (χ0v) is 15.8. The molecule has 0 aliphatic rings. The molecule has 3 rings (SSSR count). The van der Waals surface area contributed by atoms with Crippen LogP contribution in [-0.4, -0.2) is 25.1 Å². The topological polar surface area (TPSA) is 73.3 Å². The van der Waals surface area contributed by atoms with Crippen molar-refractivity contribution in [1.82, 2.24) is 4.98 Å². The largest absolute Gasteiger partial charge is 0.459 e. The Morgan fingerprint density at radius 3 is 2.48 bits per heavy atom. The number of benzene rings is 2. The fourth-order valence-electron chi connectivity index (χ4n) is 2.29. The molecule has 0 spiro atoms. The minimum absolute atomic E-state index is 0.0398.